The van der Waals surface area contributed by atoms with Crippen molar-refractivity contribution in [3.8, 4) is 5.75 Å². The number of fused-ring (bicyclic) bond motifs is 1. The maximum Gasteiger partial charge on any atom is 0.127 e. The summed E-state index contributed by atoms with van der Waals surface area (Å²) in [6.45, 7) is 0.652. The number of aromatic nitrogens is 2. The number of rotatable bonds is 5. The zero-order chi connectivity index (χ0) is 13.6. The van der Waals surface area contributed by atoms with Gasteiger partial charge in [-0.25, -0.2) is 0 Å². The second-order valence-corrected chi connectivity index (χ2v) is 5.33. The first-order chi connectivity index (χ1) is 9.93. The first-order valence-corrected chi connectivity index (χ1v) is 7.43. The highest BCUT2D eigenvalue weighted by molar-refractivity contribution is 7.99. The second-order valence-electron chi connectivity index (χ2n) is 4.25. The summed E-state index contributed by atoms with van der Waals surface area (Å²) in [6, 6.07) is 18.0. The predicted molar refractivity (Wildman–Crippen MR) is 82.2 cm³/mol. The lowest BCUT2D eigenvalue weighted by Crippen LogP contribution is -2.00. The van der Waals surface area contributed by atoms with Crippen molar-refractivity contribution in [2.24, 2.45) is 0 Å². The molecule has 3 rings (SSSR count). The van der Waals surface area contributed by atoms with Crippen LogP contribution >= 0.6 is 11.8 Å². The van der Waals surface area contributed by atoms with E-state index in [1.54, 1.807) is 18.0 Å². The fourth-order valence-corrected chi connectivity index (χ4v) is 2.73. The Morgan fingerprint density at radius 1 is 0.950 bits per heavy atom. The lowest BCUT2D eigenvalue weighted by molar-refractivity contribution is 0.344. The first-order valence-electron chi connectivity index (χ1n) is 6.44. The number of hydrogen-bond acceptors (Lipinski definition) is 4. The van der Waals surface area contributed by atoms with E-state index in [4.69, 9.17) is 4.74 Å². The molecular weight excluding hydrogens is 268 g/mol. The van der Waals surface area contributed by atoms with Crippen LogP contribution < -0.4 is 4.74 Å². The molecule has 20 heavy (non-hydrogen) atoms. The minimum Gasteiger partial charge on any atom is -0.493 e. The molecule has 1 aromatic heterocycles. The zero-order valence-corrected chi connectivity index (χ0v) is 11.7. The minimum absolute atomic E-state index is 0.652. The Morgan fingerprint density at radius 3 is 2.65 bits per heavy atom. The van der Waals surface area contributed by atoms with Crippen LogP contribution in [0.25, 0.3) is 10.8 Å². The Hall–Kier alpha value is -2.07. The molecule has 0 radical (unpaired) electrons. The highest BCUT2D eigenvalue weighted by Gasteiger charge is 2.03. The van der Waals surface area contributed by atoms with Gasteiger partial charge in [-0.15, -0.1) is 16.9 Å². The van der Waals surface area contributed by atoms with E-state index in [-0.39, 0.29) is 0 Å². The van der Waals surface area contributed by atoms with Gasteiger partial charge in [-0.2, -0.15) is 5.10 Å². The van der Waals surface area contributed by atoms with Gasteiger partial charge in [0.15, 0.2) is 0 Å². The van der Waals surface area contributed by atoms with Crippen molar-refractivity contribution in [2.45, 2.75) is 5.03 Å². The van der Waals surface area contributed by atoms with Crippen LogP contribution in [0.2, 0.25) is 0 Å². The Bertz CT molecular complexity index is 683. The van der Waals surface area contributed by atoms with Gasteiger partial charge < -0.3 is 4.74 Å². The monoisotopic (exact) mass is 282 g/mol. The summed E-state index contributed by atoms with van der Waals surface area (Å²) in [7, 11) is 0. The molecule has 0 aliphatic rings. The third kappa shape index (κ3) is 3.08. The number of hydrogen-bond donors (Lipinski definition) is 0. The summed E-state index contributed by atoms with van der Waals surface area (Å²) in [4.78, 5) is 0. The predicted octanol–water partition coefficient (Wildman–Crippen LogP) is 3.80. The number of nitrogens with zero attached hydrogens (tertiary/aromatic N) is 2. The number of thioether (sulfide) groups is 1. The summed E-state index contributed by atoms with van der Waals surface area (Å²) in [5.41, 5.74) is 0. The molecule has 2 aromatic carbocycles. The van der Waals surface area contributed by atoms with E-state index in [0.29, 0.717) is 6.61 Å². The number of para-hydroxylation sites is 1. The van der Waals surface area contributed by atoms with E-state index >= 15 is 0 Å². The molecule has 0 aliphatic heterocycles. The van der Waals surface area contributed by atoms with Gasteiger partial charge in [0.05, 0.1) is 12.8 Å². The van der Waals surface area contributed by atoms with E-state index in [9.17, 15) is 0 Å². The molecule has 1 heterocycles. The van der Waals surface area contributed by atoms with Crippen LogP contribution in [0.3, 0.4) is 0 Å². The molecule has 0 N–H and O–H groups in total. The van der Waals surface area contributed by atoms with Gasteiger partial charge in [0.2, 0.25) is 0 Å². The third-order valence-electron chi connectivity index (χ3n) is 2.87. The molecule has 0 spiro atoms. The van der Waals surface area contributed by atoms with Crippen molar-refractivity contribution in [2.75, 3.05) is 12.4 Å². The van der Waals surface area contributed by atoms with Crippen molar-refractivity contribution >= 4 is 22.5 Å². The standard InChI is InChI=1S/C16H14N2OS/c1-2-7-14(8-3-1)19-10-11-20-16-15-9-5-4-6-13(15)12-17-18-16/h1-9,12H,10-11H2. The average Bonchev–Trinajstić information content (AvgIpc) is 2.53. The van der Waals surface area contributed by atoms with E-state index in [1.807, 2.05) is 42.5 Å². The molecule has 0 bridgehead atoms. The normalized spacial score (nSPS) is 10.6. The fraction of sp³-hybridized carbons (Fsp3) is 0.125. The Kier molecular flexibility index (Phi) is 4.13. The highest BCUT2D eigenvalue weighted by Crippen LogP contribution is 2.24. The van der Waals surface area contributed by atoms with Crippen molar-refractivity contribution in [3.63, 3.8) is 0 Å². The van der Waals surface area contributed by atoms with Crippen LogP contribution in [0.4, 0.5) is 0 Å². The molecule has 3 nitrogen and oxygen atoms in total. The fourth-order valence-electron chi connectivity index (χ4n) is 1.92. The molecule has 0 saturated carbocycles. The maximum atomic E-state index is 5.67. The van der Waals surface area contributed by atoms with Gasteiger partial charge in [-0.1, -0.05) is 42.5 Å². The summed E-state index contributed by atoms with van der Waals surface area (Å²) in [6.07, 6.45) is 1.79. The van der Waals surface area contributed by atoms with Crippen LogP contribution in [0, 0.1) is 0 Å². The molecular formula is C16H14N2OS. The second kappa shape index (κ2) is 6.39. The average molecular weight is 282 g/mol. The number of benzene rings is 2. The zero-order valence-electron chi connectivity index (χ0n) is 10.9. The van der Waals surface area contributed by atoms with E-state index < -0.39 is 0 Å². The summed E-state index contributed by atoms with van der Waals surface area (Å²) in [5, 5.41) is 11.5. The molecule has 4 heteroatoms. The Balaban J connectivity index is 1.60. The van der Waals surface area contributed by atoms with Crippen LogP contribution in [-0.4, -0.2) is 22.6 Å². The lowest BCUT2D eigenvalue weighted by atomic mass is 10.2. The van der Waals surface area contributed by atoms with Crippen LogP contribution in [0.5, 0.6) is 5.75 Å². The molecule has 0 saturated heterocycles. The molecule has 0 aliphatic carbocycles. The largest absolute Gasteiger partial charge is 0.493 e. The lowest BCUT2D eigenvalue weighted by Gasteiger charge is -2.06. The molecule has 0 atom stereocenters. The van der Waals surface area contributed by atoms with Gasteiger partial charge in [0, 0.05) is 16.5 Å². The molecule has 3 aromatic rings. The van der Waals surface area contributed by atoms with Gasteiger partial charge in [0.1, 0.15) is 10.8 Å². The van der Waals surface area contributed by atoms with Gasteiger partial charge >= 0.3 is 0 Å². The van der Waals surface area contributed by atoms with Crippen molar-refractivity contribution in [3.05, 3.63) is 60.8 Å². The Morgan fingerprint density at radius 2 is 1.75 bits per heavy atom. The highest BCUT2D eigenvalue weighted by atomic mass is 32.2. The van der Waals surface area contributed by atoms with Gasteiger partial charge in [-0.05, 0) is 12.1 Å². The third-order valence-corrected chi connectivity index (χ3v) is 3.82. The Labute approximate surface area is 122 Å². The van der Waals surface area contributed by atoms with Gasteiger partial charge in [0.25, 0.3) is 0 Å². The van der Waals surface area contributed by atoms with E-state index in [1.165, 1.54) is 0 Å². The van der Waals surface area contributed by atoms with Crippen LogP contribution in [-0.2, 0) is 0 Å². The first kappa shape index (κ1) is 12.9. The SMILES string of the molecule is c1ccc(OCCSc2nncc3ccccc23)cc1. The van der Waals surface area contributed by atoms with Crippen LogP contribution in [0.15, 0.2) is 65.8 Å². The van der Waals surface area contributed by atoms with Gasteiger partial charge in [-0.3, -0.25) is 0 Å². The van der Waals surface area contributed by atoms with Crippen molar-refractivity contribution in [1.82, 2.24) is 10.2 Å². The van der Waals surface area contributed by atoms with E-state index in [2.05, 4.69) is 22.3 Å². The number of ether oxygens (including phenoxy) is 1. The summed E-state index contributed by atoms with van der Waals surface area (Å²) in [5.74, 6) is 1.74. The smallest absolute Gasteiger partial charge is 0.127 e. The maximum absolute atomic E-state index is 5.67. The molecule has 0 fully saturated rings. The van der Waals surface area contributed by atoms with E-state index in [0.717, 1.165) is 27.3 Å². The van der Waals surface area contributed by atoms with Crippen molar-refractivity contribution < 1.29 is 4.74 Å². The topological polar surface area (TPSA) is 35.0 Å². The molecule has 100 valence electrons. The molecule has 0 unspecified atom stereocenters. The minimum atomic E-state index is 0.652. The quantitative estimate of drug-likeness (QED) is 0.526. The van der Waals surface area contributed by atoms with Crippen LogP contribution in [0.1, 0.15) is 0 Å². The summed E-state index contributed by atoms with van der Waals surface area (Å²) < 4.78 is 5.67. The summed E-state index contributed by atoms with van der Waals surface area (Å²) >= 11 is 1.67. The molecule has 0 amide bonds. The van der Waals surface area contributed by atoms with Crippen molar-refractivity contribution in [1.29, 1.82) is 0 Å².